The lowest BCUT2D eigenvalue weighted by Crippen LogP contribution is -2.77. The Hall–Kier alpha value is -3.95. The number of aromatic nitrogens is 1. The van der Waals surface area contributed by atoms with E-state index in [4.69, 9.17) is 0 Å². The molecular formula is C31H25N2Si+. The molecule has 7 rings (SSSR count). The first-order chi connectivity index (χ1) is 16.8. The number of fused-ring (bicyclic) bond motifs is 5. The van der Waals surface area contributed by atoms with Gasteiger partial charge in [0.2, 0.25) is 5.69 Å². The molecule has 2 aliphatic rings. The number of para-hydroxylation sites is 1. The first-order valence-corrected chi connectivity index (χ1v) is 13.9. The summed E-state index contributed by atoms with van der Waals surface area (Å²) in [6.07, 6.45) is 2.20. The molecule has 3 heterocycles. The van der Waals surface area contributed by atoms with E-state index in [2.05, 4.69) is 138 Å². The van der Waals surface area contributed by atoms with Gasteiger partial charge in [-0.25, -0.2) is 0 Å². The summed E-state index contributed by atoms with van der Waals surface area (Å²) in [6, 6.07) is 43.0. The van der Waals surface area contributed by atoms with E-state index >= 15 is 0 Å². The van der Waals surface area contributed by atoms with Crippen LogP contribution in [0.4, 0.5) is 11.4 Å². The Balaban J connectivity index is 1.65. The molecule has 2 aliphatic heterocycles. The topological polar surface area (TPSA) is 7.12 Å². The zero-order valence-corrected chi connectivity index (χ0v) is 20.1. The van der Waals surface area contributed by atoms with Gasteiger partial charge in [-0.05, 0) is 45.0 Å². The summed E-state index contributed by atoms with van der Waals surface area (Å²) in [6.45, 7) is 0.930. The second-order valence-corrected chi connectivity index (χ2v) is 13.0. The summed E-state index contributed by atoms with van der Waals surface area (Å²) in [4.78, 5) is 2.41. The summed E-state index contributed by atoms with van der Waals surface area (Å²) in [5, 5.41) is 5.80. The molecule has 0 N–H and O–H groups in total. The molecule has 4 aromatic carbocycles. The molecular weight excluding hydrogens is 428 g/mol. The number of pyridine rings is 1. The van der Waals surface area contributed by atoms with Crippen molar-refractivity contribution in [3.63, 3.8) is 0 Å². The van der Waals surface area contributed by atoms with Crippen LogP contribution in [0.1, 0.15) is 5.56 Å². The first-order valence-electron chi connectivity index (χ1n) is 11.9. The van der Waals surface area contributed by atoms with E-state index in [0.717, 1.165) is 6.54 Å². The van der Waals surface area contributed by atoms with Crippen LogP contribution in [0.5, 0.6) is 0 Å². The molecule has 34 heavy (non-hydrogen) atoms. The molecule has 0 saturated heterocycles. The third-order valence-electron chi connectivity index (χ3n) is 7.63. The van der Waals surface area contributed by atoms with Gasteiger partial charge in [0.15, 0.2) is 20.8 Å². The minimum absolute atomic E-state index is 0.930. The highest BCUT2D eigenvalue weighted by Crippen LogP contribution is 2.36. The second kappa shape index (κ2) is 7.27. The van der Waals surface area contributed by atoms with Gasteiger partial charge in [0.05, 0.1) is 5.56 Å². The highest BCUT2D eigenvalue weighted by Gasteiger charge is 2.49. The van der Waals surface area contributed by atoms with Gasteiger partial charge >= 0.3 is 0 Å². The smallest absolute Gasteiger partial charge is 0.213 e. The molecule has 0 unspecified atom stereocenters. The Kier molecular flexibility index (Phi) is 4.17. The van der Waals surface area contributed by atoms with Gasteiger partial charge in [0.1, 0.15) is 0 Å². The third-order valence-corrected chi connectivity index (χ3v) is 12.5. The van der Waals surface area contributed by atoms with Crippen LogP contribution < -0.4 is 30.2 Å². The SMILES string of the molecule is CN1c2ccccc2[Si](c2ccccc2)(c2ccccc2)c2cc3c(cc21)C[n+]1ccccc1-3. The molecule has 0 fully saturated rings. The number of nitrogens with zero attached hydrogens (tertiary/aromatic N) is 2. The average Bonchev–Trinajstić information content (AvgIpc) is 3.27. The Labute approximate surface area is 201 Å². The normalized spacial score (nSPS) is 14.7. The number of hydrogen-bond donors (Lipinski definition) is 0. The molecule has 1 aromatic heterocycles. The van der Waals surface area contributed by atoms with Crippen LogP contribution in [0.15, 0.2) is 121 Å². The first kappa shape index (κ1) is 19.5. The quantitative estimate of drug-likeness (QED) is 0.288. The lowest BCUT2D eigenvalue weighted by Gasteiger charge is -2.44. The predicted octanol–water partition coefficient (Wildman–Crippen LogP) is 3.46. The van der Waals surface area contributed by atoms with E-state index in [1.165, 1.54) is 48.9 Å². The molecule has 0 amide bonds. The molecule has 0 atom stereocenters. The van der Waals surface area contributed by atoms with Gasteiger partial charge in [-0.1, -0.05) is 78.9 Å². The minimum Gasteiger partial charge on any atom is -0.345 e. The van der Waals surface area contributed by atoms with Crippen molar-refractivity contribution >= 4 is 40.2 Å². The lowest BCUT2D eigenvalue weighted by atomic mass is 10.1. The molecule has 0 spiro atoms. The molecule has 3 heteroatoms. The molecule has 2 nitrogen and oxygen atoms in total. The fraction of sp³-hybridized carbons (Fsp3) is 0.0645. The predicted molar refractivity (Wildman–Crippen MR) is 143 cm³/mol. The summed E-state index contributed by atoms with van der Waals surface area (Å²) in [7, 11) is -0.303. The van der Waals surface area contributed by atoms with Gasteiger partial charge < -0.3 is 4.90 Å². The van der Waals surface area contributed by atoms with Gasteiger partial charge in [0.25, 0.3) is 0 Å². The maximum atomic E-state index is 2.53. The minimum atomic E-state index is -2.53. The highest BCUT2D eigenvalue weighted by atomic mass is 28.3. The van der Waals surface area contributed by atoms with E-state index in [-0.39, 0.29) is 0 Å². The zero-order chi connectivity index (χ0) is 22.7. The van der Waals surface area contributed by atoms with Crippen LogP contribution >= 0.6 is 0 Å². The van der Waals surface area contributed by atoms with Crippen molar-refractivity contribution in [1.29, 1.82) is 0 Å². The zero-order valence-electron chi connectivity index (χ0n) is 19.1. The van der Waals surface area contributed by atoms with E-state index < -0.39 is 8.07 Å². The number of rotatable bonds is 2. The lowest BCUT2D eigenvalue weighted by molar-refractivity contribution is -0.672. The van der Waals surface area contributed by atoms with Gasteiger partial charge in [-0.15, -0.1) is 0 Å². The summed E-state index contributed by atoms with van der Waals surface area (Å²) in [5.41, 5.74) is 6.74. The van der Waals surface area contributed by atoms with Crippen molar-refractivity contribution in [2.45, 2.75) is 6.54 Å². The van der Waals surface area contributed by atoms with Crippen molar-refractivity contribution < 1.29 is 4.57 Å². The number of benzene rings is 4. The van der Waals surface area contributed by atoms with E-state index in [1.807, 2.05) is 0 Å². The molecule has 0 bridgehead atoms. The molecule has 0 radical (unpaired) electrons. The average molecular weight is 454 g/mol. The van der Waals surface area contributed by atoms with Crippen LogP contribution in [-0.2, 0) is 6.54 Å². The third kappa shape index (κ3) is 2.53. The van der Waals surface area contributed by atoms with E-state index in [0.29, 0.717) is 0 Å². The van der Waals surface area contributed by atoms with Crippen LogP contribution in [-0.4, -0.2) is 15.1 Å². The Morgan fingerprint density at radius 2 is 1.29 bits per heavy atom. The largest absolute Gasteiger partial charge is 0.345 e. The van der Waals surface area contributed by atoms with Crippen LogP contribution in [0.3, 0.4) is 0 Å². The maximum absolute atomic E-state index is 2.53. The Morgan fingerprint density at radius 1 is 0.647 bits per heavy atom. The van der Waals surface area contributed by atoms with Crippen molar-refractivity contribution in [2.75, 3.05) is 11.9 Å². The van der Waals surface area contributed by atoms with Crippen molar-refractivity contribution in [2.24, 2.45) is 0 Å². The molecule has 0 aliphatic carbocycles. The maximum Gasteiger partial charge on any atom is 0.213 e. The molecule has 0 saturated carbocycles. The standard InChI is InChI=1S/C31H25N2Si/c1-32-28-17-8-9-18-30(28)34(24-12-4-2-5-13-24,25-14-6-3-7-15-25)31-21-26-23(20-29(31)32)22-33-19-11-10-16-27(26)33/h2-21H,22H2,1H3/q+1. The van der Waals surface area contributed by atoms with Gasteiger partial charge in [-0.3, -0.25) is 0 Å². The molecule has 162 valence electrons. The van der Waals surface area contributed by atoms with E-state index in [1.54, 1.807) is 0 Å². The summed E-state index contributed by atoms with van der Waals surface area (Å²) < 4.78 is 2.37. The van der Waals surface area contributed by atoms with Gasteiger partial charge in [-0.2, -0.15) is 4.57 Å². The van der Waals surface area contributed by atoms with Crippen LogP contribution in [0.2, 0.25) is 0 Å². The van der Waals surface area contributed by atoms with Crippen molar-refractivity contribution in [3.05, 3.63) is 127 Å². The number of hydrogen-bond acceptors (Lipinski definition) is 1. The Morgan fingerprint density at radius 3 is 2.03 bits per heavy atom. The monoisotopic (exact) mass is 453 g/mol. The Bertz CT molecular complexity index is 1500. The summed E-state index contributed by atoms with van der Waals surface area (Å²) >= 11 is 0. The highest BCUT2D eigenvalue weighted by molar-refractivity contribution is 7.21. The second-order valence-electron chi connectivity index (χ2n) is 9.30. The summed E-state index contributed by atoms with van der Waals surface area (Å²) in [5.74, 6) is 0. The van der Waals surface area contributed by atoms with Crippen LogP contribution in [0, 0.1) is 0 Å². The van der Waals surface area contributed by atoms with Crippen LogP contribution in [0.25, 0.3) is 11.3 Å². The van der Waals surface area contributed by atoms with E-state index in [9.17, 15) is 0 Å². The van der Waals surface area contributed by atoms with Gasteiger partial charge in [0, 0.05) is 36.1 Å². The van der Waals surface area contributed by atoms with Crippen molar-refractivity contribution in [1.82, 2.24) is 0 Å². The fourth-order valence-corrected chi connectivity index (χ4v) is 11.4. The van der Waals surface area contributed by atoms with Crippen molar-refractivity contribution in [3.8, 4) is 11.3 Å². The molecule has 5 aromatic rings. The number of anilines is 2. The fourth-order valence-electron chi connectivity index (χ4n) is 6.14.